The van der Waals surface area contributed by atoms with E-state index < -0.39 is 11.6 Å². The standard InChI is InChI=1S/C22H22F2N2O2/c1-14-7-10-20-19(11-14)25-21(28-20)13-26(16-5-3-2-4-6-16)22(27)15-8-9-17(23)18(24)12-15/h7-12,16H,2-6,13H2,1H3. The molecule has 28 heavy (non-hydrogen) atoms. The molecule has 0 unspecified atom stereocenters. The minimum Gasteiger partial charge on any atom is -0.439 e. The molecule has 1 amide bonds. The summed E-state index contributed by atoms with van der Waals surface area (Å²) in [4.78, 5) is 19.4. The molecule has 6 heteroatoms. The summed E-state index contributed by atoms with van der Waals surface area (Å²) in [5.41, 5.74) is 2.63. The second kappa shape index (κ2) is 7.70. The Kier molecular flexibility index (Phi) is 5.11. The molecule has 1 fully saturated rings. The lowest BCUT2D eigenvalue weighted by Crippen LogP contribution is -2.41. The zero-order chi connectivity index (χ0) is 19.7. The van der Waals surface area contributed by atoms with Crippen LogP contribution in [0.25, 0.3) is 11.1 Å². The van der Waals surface area contributed by atoms with Crippen molar-refractivity contribution in [3.8, 4) is 0 Å². The quantitative estimate of drug-likeness (QED) is 0.606. The number of nitrogens with zero attached hydrogens (tertiary/aromatic N) is 2. The van der Waals surface area contributed by atoms with Gasteiger partial charge in [-0.25, -0.2) is 13.8 Å². The number of aryl methyl sites for hydroxylation is 1. The number of halogens is 2. The molecule has 1 aliphatic rings. The maximum Gasteiger partial charge on any atom is 0.254 e. The fourth-order valence-electron chi connectivity index (χ4n) is 3.85. The summed E-state index contributed by atoms with van der Waals surface area (Å²) in [5, 5.41) is 0. The Balaban J connectivity index is 1.65. The van der Waals surface area contributed by atoms with Gasteiger partial charge in [0.05, 0.1) is 6.54 Å². The number of fused-ring (bicyclic) bond motifs is 1. The number of carbonyl (C=O) groups is 1. The van der Waals surface area contributed by atoms with Crippen LogP contribution in [0, 0.1) is 18.6 Å². The van der Waals surface area contributed by atoms with Gasteiger partial charge >= 0.3 is 0 Å². The molecule has 0 N–H and O–H groups in total. The van der Waals surface area contributed by atoms with Crippen LogP contribution < -0.4 is 0 Å². The molecule has 1 saturated carbocycles. The number of amides is 1. The molecular weight excluding hydrogens is 362 g/mol. The fraction of sp³-hybridized carbons (Fsp3) is 0.364. The summed E-state index contributed by atoms with van der Waals surface area (Å²) in [6.07, 6.45) is 4.99. The lowest BCUT2D eigenvalue weighted by atomic mass is 9.93. The van der Waals surface area contributed by atoms with Crippen LogP contribution in [0.15, 0.2) is 40.8 Å². The van der Waals surface area contributed by atoms with Gasteiger partial charge in [-0.05, 0) is 55.7 Å². The number of oxazole rings is 1. The van der Waals surface area contributed by atoms with E-state index in [-0.39, 0.29) is 24.1 Å². The summed E-state index contributed by atoms with van der Waals surface area (Å²) >= 11 is 0. The van der Waals surface area contributed by atoms with Crippen molar-refractivity contribution in [2.24, 2.45) is 0 Å². The zero-order valence-corrected chi connectivity index (χ0v) is 15.8. The molecule has 1 aromatic heterocycles. The first kappa shape index (κ1) is 18.6. The molecule has 2 aromatic carbocycles. The van der Waals surface area contributed by atoms with E-state index in [9.17, 15) is 13.6 Å². The van der Waals surface area contributed by atoms with Crippen LogP contribution in [-0.2, 0) is 6.54 Å². The van der Waals surface area contributed by atoms with Crippen molar-refractivity contribution in [3.63, 3.8) is 0 Å². The van der Waals surface area contributed by atoms with Crippen molar-refractivity contribution in [1.82, 2.24) is 9.88 Å². The van der Waals surface area contributed by atoms with Gasteiger partial charge in [-0.1, -0.05) is 25.3 Å². The van der Waals surface area contributed by atoms with Gasteiger partial charge in [0.25, 0.3) is 5.91 Å². The second-order valence-corrected chi connectivity index (χ2v) is 7.43. The van der Waals surface area contributed by atoms with Crippen molar-refractivity contribution in [2.45, 2.75) is 51.6 Å². The summed E-state index contributed by atoms with van der Waals surface area (Å²) < 4.78 is 32.8. The molecule has 1 heterocycles. The number of rotatable bonds is 4. The summed E-state index contributed by atoms with van der Waals surface area (Å²) in [6.45, 7) is 2.19. The van der Waals surface area contributed by atoms with Crippen LogP contribution in [0.5, 0.6) is 0 Å². The largest absolute Gasteiger partial charge is 0.439 e. The molecule has 0 radical (unpaired) electrons. The minimum absolute atomic E-state index is 0.0334. The second-order valence-electron chi connectivity index (χ2n) is 7.43. The average Bonchev–Trinajstić information content (AvgIpc) is 3.10. The van der Waals surface area contributed by atoms with Gasteiger partial charge in [-0.3, -0.25) is 4.79 Å². The van der Waals surface area contributed by atoms with Crippen LogP contribution in [0.1, 0.15) is 53.9 Å². The van der Waals surface area contributed by atoms with Crippen molar-refractivity contribution < 1.29 is 18.0 Å². The van der Waals surface area contributed by atoms with Crippen molar-refractivity contribution >= 4 is 17.0 Å². The van der Waals surface area contributed by atoms with E-state index >= 15 is 0 Å². The first-order chi connectivity index (χ1) is 13.5. The van der Waals surface area contributed by atoms with Crippen LogP contribution >= 0.6 is 0 Å². The fourth-order valence-corrected chi connectivity index (χ4v) is 3.85. The minimum atomic E-state index is -1.02. The van der Waals surface area contributed by atoms with Crippen LogP contribution in [-0.4, -0.2) is 21.8 Å². The third-order valence-corrected chi connectivity index (χ3v) is 5.34. The molecule has 0 saturated heterocycles. The van der Waals surface area contributed by atoms with Crippen LogP contribution in [0.4, 0.5) is 8.78 Å². The van der Waals surface area contributed by atoms with Crippen molar-refractivity contribution in [1.29, 1.82) is 0 Å². The molecule has 3 aromatic rings. The monoisotopic (exact) mass is 384 g/mol. The maximum atomic E-state index is 13.7. The molecule has 0 atom stereocenters. The number of hydrogen-bond donors (Lipinski definition) is 0. The van der Waals surface area contributed by atoms with Gasteiger partial charge < -0.3 is 9.32 Å². The van der Waals surface area contributed by atoms with Gasteiger partial charge in [-0.2, -0.15) is 0 Å². The number of benzene rings is 2. The van der Waals surface area contributed by atoms with Crippen molar-refractivity contribution in [2.75, 3.05) is 0 Å². The van der Waals surface area contributed by atoms with Crippen molar-refractivity contribution in [3.05, 3.63) is 65.1 Å². The van der Waals surface area contributed by atoms with Gasteiger partial charge in [0.15, 0.2) is 17.2 Å². The highest BCUT2D eigenvalue weighted by Crippen LogP contribution is 2.27. The van der Waals surface area contributed by atoms with E-state index in [0.717, 1.165) is 55.3 Å². The van der Waals surface area contributed by atoms with Gasteiger partial charge in [0, 0.05) is 11.6 Å². The predicted octanol–water partition coefficient (Wildman–Crippen LogP) is 5.39. The Hall–Kier alpha value is -2.76. The molecule has 0 spiro atoms. The van der Waals surface area contributed by atoms with E-state index in [1.54, 1.807) is 4.90 Å². The Morgan fingerprint density at radius 1 is 1.11 bits per heavy atom. The third kappa shape index (κ3) is 3.77. The molecule has 0 bridgehead atoms. The maximum absolute atomic E-state index is 13.7. The summed E-state index contributed by atoms with van der Waals surface area (Å²) in [6, 6.07) is 9.06. The predicted molar refractivity (Wildman–Crippen MR) is 102 cm³/mol. The average molecular weight is 384 g/mol. The van der Waals surface area contributed by atoms with Gasteiger partial charge in [-0.15, -0.1) is 0 Å². The Morgan fingerprint density at radius 3 is 2.64 bits per heavy atom. The number of hydrogen-bond acceptors (Lipinski definition) is 3. The zero-order valence-electron chi connectivity index (χ0n) is 15.8. The van der Waals surface area contributed by atoms with E-state index in [4.69, 9.17) is 4.42 Å². The Labute approximate surface area is 162 Å². The smallest absolute Gasteiger partial charge is 0.254 e. The van der Waals surface area contributed by atoms with E-state index in [1.165, 1.54) is 6.07 Å². The van der Waals surface area contributed by atoms with E-state index in [0.29, 0.717) is 11.5 Å². The lowest BCUT2D eigenvalue weighted by Gasteiger charge is -2.33. The highest BCUT2D eigenvalue weighted by Gasteiger charge is 2.28. The Morgan fingerprint density at radius 2 is 1.89 bits per heavy atom. The molecule has 4 rings (SSSR count). The SMILES string of the molecule is Cc1ccc2oc(CN(C(=O)c3ccc(F)c(F)c3)C3CCCCC3)nc2c1. The number of aromatic nitrogens is 1. The van der Waals surface area contributed by atoms with Gasteiger partial charge in [0.2, 0.25) is 5.89 Å². The highest BCUT2D eigenvalue weighted by molar-refractivity contribution is 5.94. The normalized spacial score (nSPS) is 15.1. The Bertz CT molecular complexity index is 1010. The molecule has 1 aliphatic carbocycles. The van der Waals surface area contributed by atoms with Crippen LogP contribution in [0.2, 0.25) is 0 Å². The topological polar surface area (TPSA) is 46.3 Å². The first-order valence-electron chi connectivity index (χ1n) is 9.63. The number of carbonyl (C=O) groups excluding carboxylic acids is 1. The van der Waals surface area contributed by atoms with Gasteiger partial charge in [0.1, 0.15) is 5.52 Å². The van der Waals surface area contributed by atoms with E-state index in [1.807, 2.05) is 25.1 Å². The molecule has 146 valence electrons. The van der Waals surface area contributed by atoms with Crippen LogP contribution in [0.3, 0.4) is 0 Å². The molecule has 0 aliphatic heterocycles. The third-order valence-electron chi connectivity index (χ3n) is 5.34. The summed E-state index contributed by atoms with van der Waals surface area (Å²) in [5.74, 6) is -1.87. The first-order valence-corrected chi connectivity index (χ1v) is 9.63. The molecular formula is C22H22F2N2O2. The summed E-state index contributed by atoms with van der Waals surface area (Å²) in [7, 11) is 0. The van der Waals surface area contributed by atoms with E-state index in [2.05, 4.69) is 4.98 Å². The lowest BCUT2D eigenvalue weighted by molar-refractivity contribution is 0.0592. The highest BCUT2D eigenvalue weighted by atomic mass is 19.2. The molecule has 4 nitrogen and oxygen atoms in total.